The van der Waals surface area contributed by atoms with Crippen LogP contribution in [-0.4, -0.2) is 23.2 Å². The van der Waals surface area contributed by atoms with E-state index in [0.29, 0.717) is 6.42 Å². The van der Waals surface area contributed by atoms with Gasteiger partial charge in [-0.3, -0.25) is 0 Å². The number of aliphatic carboxylic acids is 1. The predicted molar refractivity (Wildman–Crippen MR) is 50.7 cm³/mol. The van der Waals surface area contributed by atoms with Crippen molar-refractivity contribution in [3.63, 3.8) is 0 Å². The number of hydrogen-bond donors (Lipinski definition) is 2. The van der Waals surface area contributed by atoms with Crippen molar-refractivity contribution in [2.75, 3.05) is 0 Å². The van der Waals surface area contributed by atoms with Crippen LogP contribution in [0, 0.1) is 5.92 Å². The first-order chi connectivity index (χ1) is 6.52. The fourth-order valence-corrected chi connectivity index (χ4v) is 0.920. The van der Waals surface area contributed by atoms with Crippen LogP contribution in [0.2, 0.25) is 0 Å². The van der Waals surface area contributed by atoms with E-state index < -0.39 is 18.1 Å². The standard InChI is InChI=1S/C9H15NO4/c1-4-6(3)7(8(11)12)10-9(13)14-5-2/h5-7H,2,4H2,1,3H3,(H,10,13)(H,11,12)/t6-,7+/m0/s1. The lowest BCUT2D eigenvalue weighted by Crippen LogP contribution is -2.44. The summed E-state index contributed by atoms with van der Waals surface area (Å²) < 4.78 is 4.37. The second-order valence-corrected chi connectivity index (χ2v) is 2.92. The van der Waals surface area contributed by atoms with Crippen LogP contribution < -0.4 is 5.32 Å². The van der Waals surface area contributed by atoms with Crippen LogP contribution >= 0.6 is 0 Å². The molecule has 0 saturated carbocycles. The van der Waals surface area contributed by atoms with E-state index in [1.165, 1.54) is 0 Å². The maximum atomic E-state index is 10.9. The Bertz CT molecular complexity index is 227. The molecule has 1 amide bonds. The van der Waals surface area contributed by atoms with E-state index in [0.717, 1.165) is 6.26 Å². The van der Waals surface area contributed by atoms with Gasteiger partial charge in [-0.2, -0.15) is 0 Å². The van der Waals surface area contributed by atoms with E-state index in [4.69, 9.17) is 5.11 Å². The van der Waals surface area contributed by atoms with Crippen molar-refractivity contribution in [3.05, 3.63) is 12.8 Å². The number of amides is 1. The Morgan fingerprint density at radius 3 is 2.57 bits per heavy atom. The van der Waals surface area contributed by atoms with Gasteiger partial charge in [-0.1, -0.05) is 26.8 Å². The summed E-state index contributed by atoms with van der Waals surface area (Å²) in [5.41, 5.74) is 0. The number of carbonyl (C=O) groups is 2. The van der Waals surface area contributed by atoms with E-state index in [1.807, 2.05) is 6.92 Å². The topological polar surface area (TPSA) is 75.6 Å². The number of carbonyl (C=O) groups excluding carboxylic acids is 1. The van der Waals surface area contributed by atoms with Crippen molar-refractivity contribution >= 4 is 12.1 Å². The molecule has 0 aliphatic heterocycles. The monoisotopic (exact) mass is 201 g/mol. The fourth-order valence-electron chi connectivity index (χ4n) is 0.920. The number of rotatable bonds is 5. The minimum atomic E-state index is -1.07. The Balaban J connectivity index is 4.29. The van der Waals surface area contributed by atoms with Crippen LogP contribution in [0.15, 0.2) is 12.8 Å². The quantitative estimate of drug-likeness (QED) is 0.658. The van der Waals surface area contributed by atoms with E-state index in [9.17, 15) is 9.59 Å². The molecule has 0 radical (unpaired) electrons. The van der Waals surface area contributed by atoms with Crippen LogP contribution in [0.1, 0.15) is 20.3 Å². The van der Waals surface area contributed by atoms with E-state index >= 15 is 0 Å². The molecule has 14 heavy (non-hydrogen) atoms. The second kappa shape index (κ2) is 6.01. The highest BCUT2D eigenvalue weighted by Crippen LogP contribution is 2.07. The first-order valence-electron chi connectivity index (χ1n) is 4.33. The first kappa shape index (κ1) is 12.5. The van der Waals surface area contributed by atoms with Gasteiger partial charge in [-0.25, -0.2) is 9.59 Å². The molecule has 0 heterocycles. The molecular weight excluding hydrogens is 186 g/mol. The Morgan fingerprint density at radius 2 is 2.21 bits per heavy atom. The predicted octanol–water partition coefficient (Wildman–Crippen LogP) is 1.36. The van der Waals surface area contributed by atoms with Gasteiger partial charge in [0.25, 0.3) is 0 Å². The van der Waals surface area contributed by atoms with E-state index in [2.05, 4.69) is 16.6 Å². The number of carboxylic acids is 1. The highest BCUT2D eigenvalue weighted by molar-refractivity contribution is 5.80. The lowest BCUT2D eigenvalue weighted by Gasteiger charge is -2.18. The van der Waals surface area contributed by atoms with Crippen molar-refractivity contribution < 1.29 is 19.4 Å². The molecule has 0 aliphatic carbocycles. The Hall–Kier alpha value is -1.52. The third-order valence-corrected chi connectivity index (χ3v) is 1.94. The van der Waals surface area contributed by atoms with Crippen molar-refractivity contribution in [1.82, 2.24) is 5.32 Å². The number of nitrogens with one attached hydrogen (secondary N) is 1. The first-order valence-corrected chi connectivity index (χ1v) is 4.33. The number of carboxylic acid groups (broad SMARTS) is 1. The Labute approximate surface area is 82.7 Å². The van der Waals surface area contributed by atoms with Crippen molar-refractivity contribution in [3.8, 4) is 0 Å². The molecule has 0 aromatic carbocycles. The van der Waals surface area contributed by atoms with E-state index in [1.54, 1.807) is 6.92 Å². The zero-order chi connectivity index (χ0) is 11.1. The highest BCUT2D eigenvalue weighted by Gasteiger charge is 2.25. The third-order valence-electron chi connectivity index (χ3n) is 1.94. The van der Waals surface area contributed by atoms with Gasteiger partial charge in [-0.05, 0) is 5.92 Å². The average molecular weight is 201 g/mol. The summed E-state index contributed by atoms with van der Waals surface area (Å²) in [6.07, 6.45) is 0.809. The summed E-state index contributed by atoms with van der Waals surface area (Å²) in [5, 5.41) is 11.0. The number of alkyl carbamates (subject to hydrolysis) is 1. The SMILES string of the molecule is C=COC(=O)N[C@@H](C(=O)O)[C@@H](C)CC. The molecule has 0 aromatic heterocycles. The molecule has 0 bridgehead atoms. The smallest absolute Gasteiger partial charge is 0.412 e. The van der Waals surface area contributed by atoms with Crippen LogP contribution in [-0.2, 0) is 9.53 Å². The van der Waals surface area contributed by atoms with Gasteiger partial charge in [0.05, 0.1) is 6.26 Å². The number of hydrogen-bond acceptors (Lipinski definition) is 3. The minimum Gasteiger partial charge on any atom is -0.480 e. The van der Waals surface area contributed by atoms with Gasteiger partial charge in [0.1, 0.15) is 6.04 Å². The van der Waals surface area contributed by atoms with Gasteiger partial charge < -0.3 is 15.2 Å². The van der Waals surface area contributed by atoms with Crippen molar-refractivity contribution in [2.45, 2.75) is 26.3 Å². The summed E-state index contributed by atoms with van der Waals surface area (Å²) in [6.45, 7) is 6.78. The summed E-state index contributed by atoms with van der Waals surface area (Å²) >= 11 is 0. The molecule has 80 valence electrons. The zero-order valence-corrected chi connectivity index (χ0v) is 8.32. The van der Waals surface area contributed by atoms with E-state index in [-0.39, 0.29) is 5.92 Å². The summed E-state index contributed by atoms with van der Waals surface area (Å²) in [4.78, 5) is 21.7. The normalized spacial score (nSPS) is 13.9. The van der Waals surface area contributed by atoms with Crippen LogP contribution in [0.4, 0.5) is 4.79 Å². The van der Waals surface area contributed by atoms with Gasteiger partial charge in [0.15, 0.2) is 0 Å². The minimum absolute atomic E-state index is 0.148. The average Bonchev–Trinajstić information content (AvgIpc) is 2.13. The van der Waals surface area contributed by atoms with Gasteiger partial charge in [0.2, 0.25) is 0 Å². The lowest BCUT2D eigenvalue weighted by atomic mass is 10.00. The molecule has 0 aromatic rings. The molecule has 0 spiro atoms. The van der Waals surface area contributed by atoms with Crippen LogP contribution in [0.25, 0.3) is 0 Å². The molecule has 5 heteroatoms. The highest BCUT2D eigenvalue weighted by atomic mass is 16.5. The summed E-state index contributed by atoms with van der Waals surface area (Å²) in [6, 6.07) is -0.924. The second-order valence-electron chi connectivity index (χ2n) is 2.92. The van der Waals surface area contributed by atoms with Crippen LogP contribution in [0.5, 0.6) is 0 Å². The Morgan fingerprint density at radius 1 is 1.64 bits per heavy atom. The molecule has 0 aliphatic rings. The van der Waals surface area contributed by atoms with Crippen molar-refractivity contribution in [2.24, 2.45) is 5.92 Å². The molecule has 0 fully saturated rings. The largest absolute Gasteiger partial charge is 0.480 e. The molecule has 2 N–H and O–H groups in total. The molecule has 0 unspecified atom stereocenters. The molecule has 0 rings (SSSR count). The zero-order valence-electron chi connectivity index (χ0n) is 8.32. The third kappa shape index (κ3) is 3.93. The maximum Gasteiger partial charge on any atom is 0.412 e. The summed E-state index contributed by atoms with van der Waals surface area (Å²) in [5.74, 6) is -1.22. The molecular formula is C9H15NO4. The lowest BCUT2D eigenvalue weighted by molar-refractivity contribution is -0.140. The molecule has 5 nitrogen and oxygen atoms in total. The number of ether oxygens (including phenoxy) is 1. The van der Waals surface area contributed by atoms with Crippen molar-refractivity contribution in [1.29, 1.82) is 0 Å². The molecule has 2 atom stereocenters. The van der Waals surface area contributed by atoms with Crippen LogP contribution in [0.3, 0.4) is 0 Å². The van der Waals surface area contributed by atoms with Gasteiger partial charge in [-0.15, -0.1) is 0 Å². The molecule has 0 saturated heterocycles. The fraction of sp³-hybridized carbons (Fsp3) is 0.556. The Kier molecular flexibility index (Phi) is 5.36. The summed E-state index contributed by atoms with van der Waals surface area (Å²) in [7, 11) is 0. The van der Waals surface area contributed by atoms with Gasteiger partial charge >= 0.3 is 12.1 Å². The van der Waals surface area contributed by atoms with Gasteiger partial charge in [0, 0.05) is 0 Å². The maximum absolute atomic E-state index is 10.9.